The van der Waals surface area contributed by atoms with Crippen LogP contribution in [0.25, 0.3) is 11.0 Å². The summed E-state index contributed by atoms with van der Waals surface area (Å²) in [6.45, 7) is 0. The second kappa shape index (κ2) is 4.77. The summed E-state index contributed by atoms with van der Waals surface area (Å²) in [7, 11) is 3.39. The Morgan fingerprint density at radius 3 is 2.60 bits per heavy atom. The fourth-order valence-electron chi connectivity index (χ4n) is 2.24. The van der Waals surface area contributed by atoms with E-state index in [9.17, 15) is 4.79 Å². The van der Waals surface area contributed by atoms with E-state index in [4.69, 9.17) is 4.74 Å². The molecule has 0 atom stereocenters. The normalized spacial score (nSPS) is 10.7. The Morgan fingerprint density at radius 1 is 1.15 bits per heavy atom. The van der Waals surface area contributed by atoms with E-state index in [0.717, 1.165) is 28.2 Å². The first-order chi connectivity index (χ1) is 9.69. The molecule has 0 fully saturated rings. The van der Waals surface area contributed by atoms with Crippen LogP contribution in [0, 0.1) is 0 Å². The zero-order valence-electron chi connectivity index (χ0n) is 11.3. The highest BCUT2D eigenvalue weighted by Crippen LogP contribution is 2.25. The molecule has 5 heteroatoms. The number of methoxy groups -OCH3 is 1. The van der Waals surface area contributed by atoms with Crippen LogP contribution in [0.1, 0.15) is 0 Å². The van der Waals surface area contributed by atoms with Gasteiger partial charge in [-0.05, 0) is 36.4 Å². The number of imidazole rings is 1. The number of aromatic nitrogens is 2. The average Bonchev–Trinajstić information content (AvgIpc) is 2.76. The van der Waals surface area contributed by atoms with Crippen molar-refractivity contribution < 1.29 is 4.74 Å². The van der Waals surface area contributed by atoms with Gasteiger partial charge in [0.1, 0.15) is 5.75 Å². The molecule has 102 valence electrons. The van der Waals surface area contributed by atoms with E-state index in [-0.39, 0.29) is 5.69 Å². The first kappa shape index (κ1) is 12.3. The molecule has 1 aromatic heterocycles. The van der Waals surface area contributed by atoms with Crippen molar-refractivity contribution in [3.8, 4) is 5.75 Å². The first-order valence-corrected chi connectivity index (χ1v) is 6.28. The van der Waals surface area contributed by atoms with Gasteiger partial charge in [-0.25, -0.2) is 4.79 Å². The van der Waals surface area contributed by atoms with Crippen molar-refractivity contribution in [2.75, 3.05) is 12.4 Å². The maximum absolute atomic E-state index is 11.7. The Morgan fingerprint density at radius 2 is 1.90 bits per heavy atom. The number of ether oxygens (including phenoxy) is 1. The fourth-order valence-corrected chi connectivity index (χ4v) is 2.24. The molecule has 2 aromatic carbocycles. The highest BCUT2D eigenvalue weighted by molar-refractivity contribution is 5.90. The van der Waals surface area contributed by atoms with Gasteiger partial charge < -0.3 is 15.0 Å². The zero-order valence-corrected chi connectivity index (χ0v) is 11.3. The Labute approximate surface area is 115 Å². The summed E-state index contributed by atoms with van der Waals surface area (Å²) < 4.78 is 6.73. The van der Waals surface area contributed by atoms with Gasteiger partial charge in [0, 0.05) is 12.7 Å². The number of H-pyrrole nitrogens is 1. The highest BCUT2D eigenvalue weighted by Gasteiger charge is 2.08. The lowest BCUT2D eigenvalue weighted by Gasteiger charge is -2.09. The number of nitrogens with one attached hydrogen (secondary N) is 2. The topological polar surface area (TPSA) is 59.0 Å². The van der Waals surface area contributed by atoms with Gasteiger partial charge in [-0.3, -0.25) is 4.57 Å². The van der Waals surface area contributed by atoms with Gasteiger partial charge in [0.15, 0.2) is 0 Å². The maximum Gasteiger partial charge on any atom is 0.326 e. The second-order valence-corrected chi connectivity index (χ2v) is 4.54. The molecule has 3 rings (SSSR count). The van der Waals surface area contributed by atoms with Crippen LogP contribution in [-0.2, 0) is 7.05 Å². The quantitative estimate of drug-likeness (QED) is 0.768. The van der Waals surface area contributed by atoms with E-state index in [2.05, 4.69) is 10.3 Å². The van der Waals surface area contributed by atoms with E-state index in [1.54, 1.807) is 18.7 Å². The lowest BCUT2D eigenvalue weighted by molar-refractivity contribution is 0.415. The molecule has 0 bridgehead atoms. The Kier molecular flexibility index (Phi) is 2.95. The van der Waals surface area contributed by atoms with Gasteiger partial charge in [-0.2, -0.15) is 0 Å². The first-order valence-electron chi connectivity index (χ1n) is 6.28. The number of anilines is 2. The summed E-state index contributed by atoms with van der Waals surface area (Å²) in [4.78, 5) is 14.5. The van der Waals surface area contributed by atoms with Crippen molar-refractivity contribution in [3.63, 3.8) is 0 Å². The van der Waals surface area contributed by atoms with E-state index >= 15 is 0 Å². The van der Waals surface area contributed by atoms with Gasteiger partial charge in [-0.15, -0.1) is 0 Å². The van der Waals surface area contributed by atoms with Crippen LogP contribution in [0.15, 0.2) is 47.3 Å². The van der Waals surface area contributed by atoms with Crippen molar-refractivity contribution in [2.24, 2.45) is 7.05 Å². The summed E-state index contributed by atoms with van der Waals surface area (Å²) in [6, 6.07) is 13.4. The third kappa shape index (κ3) is 2.03. The minimum Gasteiger partial charge on any atom is -0.497 e. The molecule has 3 aromatic rings. The standard InChI is InChI=1S/C15H15N3O2/c1-18-14-12(4-3-5-13(14)17-15(18)19)16-10-6-8-11(20-2)9-7-10/h3-9,16H,1-2H3,(H,17,19). The molecule has 5 nitrogen and oxygen atoms in total. The number of aryl methyl sites for hydroxylation is 1. The predicted molar refractivity (Wildman–Crippen MR) is 79.8 cm³/mol. The highest BCUT2D eigenvalue weighted by atomic mass is 16.5. The maximum atomic E-state index is 11.7. The zero-order chi connectivity index (χ0) is 14.1. The van der Waals surface area contributed by atoms with Gasteiger partial charge in [0.25, 0.3) is 0 Å². The van der Waals surface area contributed by atoms with Crippen LogP contribution >= 0.6 is 0 Å². The molecule has 2 N–H and O–H groups in total. The average molecular weight is 269 g/mol. The van der Waals surface area contributed by atoms with Crippen LogP contribution in [-0.4, -0.2) is 16.7 Å². The summed E-state index contributed by atoms with van der Waals surface area (Å²) in [6.07, 6.45) is 0. The van der Waals surface area contributed by atoms with Gasteiger partial charge in [-0.1, -0.05) is 6.07 Å². The molecular formula is C15H15N3O2. The van der Waals surface area contributed by atoms with Crippen molar-refractivity contribution in [1.29, 1.82) is 0 Å². The van der Waals surface area contributed by atoms with E-state index < -0.39 is 0 Å². The number of fused-ring (bicyclic) bond motifs is 1. The molecule has 0 radical (unpaired) electrons. The smallest absolute Gasteiger partial charge is 0.326 e. The molecular weight excluding hydrogens is 254 g/mol. The number of para-hydroxylation sites is 1. The summed E-state index contributed by atoms with van der Waals surface area (Å²) >= 11 is 0. The molecule has 1 heterocycles. The van der Waals surface area contributed by atoms with Gasteiger partial charge in [0.05, 0.1) is 23.8 Å². The predicted octanol–water partition coefficient (Wildman–Crippen LogP) is 2.62. The second-order valence-electron chi connectivity index (χ2n) is 4.54. The SMILES string of the molecule is COc1ccc(Nc2cccc3[nH]c(=O)n(C)c23)cc1. The molecule has 20 heavy (non-hydrogen) atoms. The van der Waals surface area contributed by atoms with Crippen LogP contribution < -0.4 is 15.7 Å². The van der Waals surface area contributed by atoms with Crippen molar-refractivity contribution in [3.05, 3.63) is 52.9 Å². The Balaban J connectivity index is 2.03. The third-order valence-electron chi connectivity index (χ3n) is 3.29. The number of hydrogen-bond acceptors (Lipinski definition) is 3. The summed E-state index contributed by atoms with van der Waals surface area (Å²) in [5.41, 5.74) is 3.37. The minimum absolute atomic E-state index is 0.121. The van der Waals surface area contributed by atoms with E-state index in [0.29, 0.717) is 0 Å². The van der Waals surface area contributed by atoms with Crippen molar-refractivity contribution in [2.45, 2.75) is 0 Å². The molecule has 0 spiro atoms. The van der Waals surface area contributed by atoms with Crippen molar-refractivity contribution >= 4 is 22.4 Å². The number of rotatable bonds is 3. The number of benzene rings is 2. The van der Waals surface area contributed by atoms with Crippen LogP contribution in [0.5, 0.6) is 5.75 Å². The molecule has 0 aliphatic heterocycles. The summed E-state index contributed by atoms with van der Waals surface area (Å²) in [5, 5.41) is 3.32. The van der Waals surface area contributed by atoms with Gasteiger partial charge >= 0.3 is 5.69 Å². The number of aromatic amines is 1. The minimum atomic E-state index is -0.121. The van der Waals surface area contributed by atoms with Crippen LogP contribution in [0.4, 0.5) is 11.4 Å². The van der Waals surface area contributed by atoms with Crippen LogP contribution in [0.3, 0.4) is 0 Å². The number of nitrogens with zero attached hydrogens (tertiary/aromatic N) is 1. The Hall–Kier alpha value is -2.69. The third-order valence-corrected chi connectivity index (χ3v) is 3.29. The Bertz CT molecular complexity index is 800. The van der Waals surface area contributed by atoms with Gasteiger partial charge in [0.2, 0.25) is 0 Å². The fraction of sp³-hybridized carbons (Fsp3) is 0.133. The van der Waals surface area contributed by atoms with E-state index in [1.165, 1.54) is 0 Å². The molecule has 0 saturated heterocycles. The summed E-state index contributed by atoms with van der Waals surface area (Å²) in [5.74, 6) is 0.808. The molecule has 0 unspecified atom stereocenters. The molecule has 0 amide bonds. The largest absolute Gasteiger partial charge is 0.497 e. The molecule has 0 aliphatic rings. The lowest BCUT2D eigenvalue weighted by atomic mass is 10.2. The monoisotopic (exact) mass is 269 g/mol. The molecule has 0 aliphatic carbocycles. The van der Waals surface area contributed by atoms with Crippen molar-refractivity contribution in [1.82, 2.24) is 9.55 Å². The van der Waals surface area contributed by atoms with Crippen LogP contribution in [0.2, 0.25) is 0 Å². The number of hydrogen-bond donors (Lipinski definition) is 2. The van der Waals surface area contributed by atoms with E-state index in [1.807, 2.05) is 42.5 Å². The lowest BCUT2D eigenvalue weighted by Crippen LogP contribution is -2.12. The molecule has 0 saturated carbocycles.